The van der Waals surface area contributed by atoms with Crippen molar-refractivity contribution in [3.05, 3.63) is 61.8 Å². The molecule has 0 aliphatic carbocycles. The monoisotopic (exact) mass is 396 g/mol. The third kappa shape index (κ3) is 2.46. The number of hydrogen-bond donors (Lipinski definition) is 2. The Morgan fingerprint density at radius 3 is 2.29 bits per heavy atom. The van der Waals surface area contributed by atoms with Crippen LogP contribution in [0.1, 0.15) is 21.5 Å². The summed E-state index contributed by atoms with van der Waals surface area (Å²) in [5.74, 6) is -3.47. The molecule has 2 heterocycles. The van der Waals surface area contributed by atoms with Crippen LogP contribution in [0.2, 0.25) is 0 Å². The maximum atomic E-state index is 14.2. The van der Waals surface area contributed by atoms with E-state index in [1.165, 1.54) is 25.1 Å². The molecule has 0 saturated carbocycles. The molecule has 0 fully saturated rings. The number of carbonyl (C=O) groups excluding carboxylic acids is 2. The van der Waals surface area contributed by atoms with Crippen molar-refractivity contribution in [2.24, 2.45) is 14.1 Å². The summed E-state index contributed by atoms with van der Waals surface area (Å²) in [5, 5.41) is 3.62. The van der Waals surface area contributed by atoms with Crippen molar-refractivity contribution in [1.29, 1.82) is 0 Å². The number of nitrogens with zero attached hydrogens (tertiary/aromatic N) is 2. The number of halogens is 3. The van der Waals surface area contributed by atoms with Crippen LogP contribution in [0.25, 0.3) is 0 Å². The van der Waals surface area contributed by atoms with E-state index in [0.717, 1.165) is 14.1 Å². The van der Waals surface area contributed by atoms with Crippen molar-refractivity contribution in [2.75, 3.05) is 5.32 Å². The molecule has 2 aromatic rings. The molecule has 0 saturated heterocycles. The van der Waals surface area contributed by atoms with Gasteiger partial charge in [-0.2, -0.15) is 13.2 Å². The lowest BCUT2D eigenvalue weighted by Gasteiger charge is -2.30. The van der Waals surface area contributed by atoms with Gasteiger partial charge in [0.1, 0.15) is 11.4 Å². The summed E-state index contributed by atoms with van der Waals surface area (Å²) in [4.78, 5) is 49.6. The Bertz CT molecular complexity index is 1130. The molecule has 3 rings (SSSR count). The third-order valence-corrected chi connectivity index (χ3v) is 4.73. The van der Waals surface area contributed by atoms with Gasteiger partial charge in [0.15, 0.2) is 0 Å². The Kier molecular flexibility index (Phi) is 4.21. The predicted molar refractivity (Wildman–Crippen MR) is 91.9 cm³/mol. The molecule has 1 aliphatic rings. The number of rotatable bonds is 2. The van der Waals surface area contributed by atoms with E-state index in [-0.39, 0.29) is 5.56 Å². The molecule has 2 amide bonds. The Balaban J connectivity index is 2.31. The molecule has 148 valence electrons. The molecule has 0 radical (unpaired) electrons. The summed E-state index contributed by atoms with van der Waals surface area (Å²) in [7, 11) is 2.09. The first-order chi connectivity index (χ1) is 12.9. The molecule has 0 spiro atoms. The van der Waals surface area contributed by atoms with E-state index in [0.29, 0.717) is 14.7 Å². The van der Waals surface area contributed by atoms with Gasteiger partial charge >= 0.3 is 11.9 Å². The number of aromatic nitrogens is 2. The van der Waals surface area contributed by atoms with E-state index < -0.39 is 46.2 Å². The van der Waals surface area contributed by atoms with Gasteiger partial charge in [-0.1, -0.05) is 18.2 Å². The fourth-order valence-electron chi connectivity index (χ4n) is 3.17. The maximum absolute atomic E-state index is 14.2. The number of aryl methyl sites for hydroxylation is 1. The molecule has 1 aliphatic heterocycles. The highest BCUT2D eigenvalue weighted by Gasteiger charge is 2.68. The predicted octanol–water partition coefficient (Wildman–Crippen LogP) is 0.532. The molecule has 1 aromatic carbocycles. The highest BCUT2D eigenvalue weighted by molar-refractivity contribution is 6.09. The topological polar surface area (TPSA) is 102 Å². The lowest BCUT2D eigenvalue weighted by Crippen LogP contribution is -2.62. The third-order valence-electron chi connectivity index (χ3n) is 4.73. The van der Waals surface area contributed by atoms with E-state index in [2.05, 4.69) is 0 Å². The van der Waals surface area contributed by atoms with E-state index in [4.69, 9.17) is 0 Å². The second-order valence-electron chi connectivity index (χ2n) is 6.40. The zero-order valence-corrected chi connectivity index (χ0v) is 15.0. The van der Waals surface area contributed by atoms with Gasteiger partial charge in [0, 0.05) is 19.7 Å². The SMILES string of the molecule is Cc1ccccc1C(=O)N[C@]1(C(F)(F)F)C(=O)Nc2c1c(=O)n(C)c(=O)n2C. The van der Waals surface area contributed by atoms with Crippen LogP contribution in [0, 0.1) is 6.92 Å². The minimum Gasteiger partial charge on any atom is -0.326 e. The van der Waals surface area contributed by atoms with Crippen molar-refractivity contribution in [1.82, 2.24) is 14.5 Å². The van der Waals surface area contributed by atoms with Crippen LogP contribution in [0.5, 0.6) is 0 Å². The highest BCUT2D eigenvalue weighted by Crippen LogP contribution is 2.45. The molecular weight excluding hydrogens is 381 g/mol. The minimum atomic E-state index is -5.36. The number of amides is 2. The van der Waals surface area contributed by atoms with Crippen molar-refractivity contribution >= 4 is 17.6 Å². The largest absolute Gasteiger partial charge is 0.425 e. The quantitative estimate of drug-likeness (QED) is 0.773. The number of carbonyl (C=O) groups is 2. The van der Waals surface area contributed by atoms with Gasteiger partial charge in [-0.15, -0.1) is 0 Å². The molecule has 11 heteroatoms. The van der Waals surface area contributed by atoms with Crippen LogP contribution in [0.3, 0.4) is 0 Å². The van der Waals surface area contributed by atoms with Gasteiger partial charge < -0.3 is 10.6 Å². The summed E-state index contributed by atoms with van der Waals surface area (Å²) < 4.78 is 43.6. The summed E-state index contributed by atoms with van der Waals surface area (Å²) in [6.07, 6.45) is -5.36. The van der Waals surface area contributed by atoms with Crippen LogP contribution >= 0.6 is 0 Å². The lowest BCUT2D eigenvalue weighted by molar-refractivity contribution is -0.196. The number of hydrogen-bond acceptors (Lipinski definition) is 4. The van der Waals surface area contributed by atoms with E-state index in [9.17, 15) is 32.3 Å². The zero-order valence-electron chi connectivity index (χ0n) is 15.0. The van der Waals surface area contributed by atoms with E-state index in [1.807, 2.05) is 5.32 Å². The fraction of sp³-hybridized carbons (Fsp3) is 0.294. The number of alkyl halides is 3. The van der Waals surface area contributed by atoms with Crippen molar-refractivity contribution in [3.63, 3.8) is 0 Å². The summed E-state index contributed by atoms with van der Waals surface area (Å²) in [6.45, 7) is 1.51. The summed E-state index contributed by atoms with van der Waals surface area (Å²) >= 11 is 0. The Labute approximate surface area is 155 Å². The van der Waals surface area contributed by atoms with Crippen LogP contribution in [-0.2, 0) is 24.4 Å². The van der Waals surface area contributed by atoms with Gasteiger partial charge in [0.2, 0.25) is 0 Å². The van der Waals surface area contributed by atoms with Crippen LogP contribution in [0.15, 0.2) is 33.9 Å². The maximum Gasteiger partial charge on any atom is 0.425 e. The van der Waals surface area contributed by atoms with E-state index in [1.54, 1.807) is 11.4 Å². The molecule has 0 bridgehead atoms. The molecule has 28 heavy (non-hydrogen) atoms. The first-order valence-electron chi connectivity index (χ1n) is 8.00. The Hall–Kier alpha value is -3.37. The number of anilines is 1. The second kappa shape index (κ2) is 6.08. The standard InChI is InChI=1S/C17H15F3N4O4/c1-8-6-4-5-7-9(8)12(25)22-16(17(18,19)20)10-11(21-14(16)27)23(2)15(28)24(3)13(10)26/h4-7H,1-3H3,(H,21,27)(H,22,25)/t16-/m0/s1. The normalized spacial score (nSPS) is 18.6. The van der Waals surface area contributed by atoms with Crippen LogP contribution in [0.4, 0.5) is 19.0 Å². The van der Waals surface area contributed by atoms with Gasteiger partial charge in [-0.25, -0.2) is 4.79 Å². The molecule has 8 nitrogen and oxygen atoms in total. The van der Waals surface area contributed by atoms with Crippen molar-refractivity contribution in [3.8, 4) is 0 Å². The Morgan fingerprint density at radius 2 is 1.71 bits per heavy atom. The number of nitrogens with one attached hydrogen (secondary N) is 2. The fourth-order valence-corrected chi connectivity index (χ4v) is 3.17. The smallest absolute Gasteiger partial charge is 0.326 e. The molecular formula is C17H15F3N4O4. The lowest BCUT2D eigenvalue weighted by atomic mass is 9.91. The summed E-state index contributed by atoms with van der Waals surface area (Å²) in [6, 6.07) is 5.85. The molecule has 1 aromatic heterocycles. The van der Waals surface area contributed by atoms with Crippen molar-refractivity contribution < 1.29 is 22.8 Å². The van der Waals surface area contributed by atoms with Gasteiger partial charge in [-0.05, 0) is 18.6 Å². The number of benzene rings is 1. The molecule has 0 unspecified atom stereocenters. The molecule has 2 N–H and O–H groups in total. The van der Waals surface area contributed by atoms with Gasteiger partial charge in [-0.3, -0.25) is 23.5 Å². The Morgan fingerprint density at radius 1 is 1.11 bits per heavy atom. The van der Waals surface area contributed by atoms with Crippen LogP contribution in [-0.4, -0.2) is 27.1 Å². The van der Waals surface area contributed by atoms with Gasteiger partial charge in [0.25, 0.3) is 22.9 Å². The zero-order chi connectivity index (χ0) is 21.0. The van der Waals surface area contributed by atoms with Gasteiger partial charge in [0.05, 0.1) is 0 Å². The van der Waals surface area contributed by atoms with Crippen LogP contribution < -0.4 is 21.9 Å². The summed E-state index contributed by atoms with van der Waals surface area (Å²) in [5.41, 5.74) is -6.66. The average Bonchev–Trinajstić information content (AvgIpc) is 2.92. The highest BCUT2D eigenvalue weighted by atomic mass is 19.4. The average molecular weight is 396 g/mol. The first kappa shape index (κ1) is 19.4. The first-order valence-corrected chi connectivity index (χ1v) is 8.00. The minimum absolute atomic E-state index is 0.0889. The number of fused-ring (bicyclic) bond motifs is 1. The molecule has 1 atom stereocenters. The second-order valence-corrected chi connectivity index (χ2v) is 6.40. The van der Waals surface area contributed by atoms with E-state index >= 15 is 0 Å². The van der Waals surface area contributed by atoms with Crippen molar-refractivity contribution in [2.45, 2.75) is 18.6 Å².